The molecule has 0 amide bonds. The van der Waals surface area contributed by atoms with Crippen LogP contribution in [0.2, 0.25) is 10.0 Å². The number of benzene rings is 1. The summed E-state index contributed by atoms with van der Waals surface area (Å²) in [6, 6.07) is 6.38. The lowest BCUT2D eigenvalue weighted by Crippen LogP contribution is -2.31. The number of rotatable bonds is 8. The van der Waals surface area contributed by atoms with Gasteiger partial charge in [-0.2, -0.15) is 0 Å². The van der Waals surface area contributed by atoms with Crippen LogP contribution in [-0.2, 0) is 6.42 Å². The average Bonchev–Trinajstić information content (AvgIpc) is 2.35. The van der Waals surface area contributed by atoms with E-state index < -0.39 is 0 Å². The Morgan fingerprint density at radius 1 is 1.17 bits per heavy atom. The van der Waals surface area contributed by atoms with Gasteiger partial charge in [0.25, 0.3) is 0 Å². The summed E-state index contributed by atoms with van der Waals surface area (Å²) in [5.41, 5.74) is 1.15. The fourth-order valence-electron chi connectivity index (χ4n) is 2.18. The Labute approximate surface area is 121 Å². The maximum absolute atomic E-state index is 6.24. The number of hydrogen-bond donors (Lipinski definition) is 1. The van der Waals surface area contributed by atoms with Crippen LogP contribution in [0.15, 0.2) is 18.2 Å². The van der Waals surface area contributed by atoms with Crippen molar-refractivity contribution in [1.82, 2.24) is 5.32 Å². The Morgan fingerprint density at radius 2 is 1.94 bits per heavy atom. The first-order chi connectivity index (χ1) is 8.69. The second-order valence-electron chi connectivity index (χ2n) is 4.67. The minimum Gasteiger partial charge on any atom is -0.314 e. The number of halogens is 2. The van der Waals surface area contributed by atoms with Gasteiger partial charge in [0.05, 0.1) is 10.0 Å². The molecule has 3 heteroatoms. The van der Waals surface area contributed by atoms with Gasteiger partial charge in [0.2, 0.25) is 0 Å². The van der Waals surface area contributed by atoms with E-state index in [1.54, 1.807) is 0 Å². The summed E-state index contributed by atoms with van der Waals surface area (Å²) in [4.78, 5) is 0. The molecule has 0 aliphatic heterocycles. The zero-order valence-electron chi connectivity index (χ0n) is 11.3. The minimum atomic E-state index is 0.498. The molecular formula is C15H23Cl2N. The minimum absolute atomic E-state index is 0.498. The van der Waals surface area contributed by atoms with Gasteiger partial charge in [0, 0.05) is 6.04 Å². The first-order valence-corrected chi connectivity index (χ1v) is 7.60. The van der Waals surface area contributed by atoms with Crippen molar-refractivity contribution in [1.29, 1.82) is 0 Å². The van der Waals surface area contributed by atoms with Gasteiger partial charge in [-0.05, 0) is 31.0 Å². The lowest BCUT2D eigenvalue weighted by atomic mass is 10.0. The van der Waals surface area contributed by atoms with Crippen LogP contribution in [0, 0.1) is 0 Å². The predicted octanol–water partition coefficient (Wildman–Crippen LogP) is 5.09. The summed E-state index contributed by atoms with van der Waals surface area (Å²) in [5.74, 6) is 0. The van der Waals surface area contributed by atoms with Crippen LogP contribution >= 0.6 is 23.2 Å². The third-order valence-electron chi connectivity index (χ3n) is 3.15. The maximum atomic E-state index is 6.24. The fourth-order valence-corrected chi connectivity index (χ4v) is 2.57. The van der Waals surface area contributed by atoms with Gasteiger partial charge in [-0.15, -0.1) is 0 Å². The molecule has 1 rings (SSSR count). The van der Waals surface area contributed by atoms with E-state index in [1.165, 1.54) is 25.7 Å². The second-order valence-corrected chi connectivity index (χ2v) is 5.45. The van der Waals surface area contributed by atoms with Gasteiger partial charge in [-0.25, -0.2) is 0 Å². The summed E-state index contributed by atoms with van der Waals surface area (Å²) >= 11 is 12.3. The standard InChI is InChI=1S/C15H23Cl2N/c1-3-5-6-9-13(18-4-2)11-12-8-7-10-14(16)15(12)17/h7-8,10,13,18H,3-6,9,11H2,1-2H3. The van der Waals surface area contributed by atoms with Crippen molar-refractivity contribution < 1.29 is 0 Å². The molecule has 1 aromatic carbocycles. The van der Waals surface area contributed by atoms with Crippen molar-refractivity contribution in [2.45, 2.75) is 52.0 Å². The molecule has 0 bridgehead atoms. The molecule has 0 aliphatic rings. The van der Waals surface area contributed by atoms with E-state index in [-0.39, 0.29) is 0 Å². The SMILES string of the molecule is CCCCCC(Cc1cccc(Cl)c1Cl)NCC. The molecule has 1 N–H and O–H groups in total. The van der Waals surface area contributed by atoms with Crippen LogP contribution in [0.1, 0.15) is 45.1 Å². The van der Waals surface area contributed by atoms with E-state index in [0.29, 0.717) is 16.1 Å². The molecule has 0 radical (unpaired) electrons. The van der Waals surface area contributed by atoms with E-state index in [0.717, 1.165) is 18.5 Å². The molecule has 102 valence electrons. The van der Waals surface area contributed by atoms with Crippen molar-refractivity contribution in [3.8, 4) is 0 Å². The van der Waals surface area contributed by atoms with Crippen LogP contribution in [0.4, 0.5) is 0 Å². The van der Waals surface area contributed by atoms with Crippen molar-refractivity contribution in [2.75, 3.05) is 6.54 Å². The number of hydrogen-bond acceptors (Lipinski definition) is 1. The highest BCUT2D eigenvalue weighted by Crippen LogP contribution is 2.27. The third-order valence-corrected chi connectivity index (χ3v) is 4.00. The molecule has 1 aromatic rings. The van der Waals surface area contributed by atoms with Crippen LogP contribution in [0.3, 0.4) is 0 Å². The van der Waals surface area contributed by atoms with E-state index >= 15 is 0 Å². The van der Waals surface area contributed by atoms with Gasteiger partial charge in [-0.1, -0.05) is 68.4 Å². The quantitative estimate of drug-likeness (QED) is 0.657. The number of nitrogens with one attached hydrogen (secondary N) is 1. The molecule has 0 saturated carbocycles. The number of unbranched alkanes of at least 4 members (excludes halogenated alkanes) is 2. The van der Waals surface area contributed by atoms with Crippen molar-refractivity contribution in [3.63, 3.8) is 0 Å². The van der Waals surface area contributed by atoms with Crippen LogP contribution < -0.4 is 5.32 Å². The predicted molar refractivity (Wildman–Crippen MR) is 81.8 cm³/mol. The van der Waals surface area contributed by atoms with E-state index in [4.69, 9.17) is 23.2 Å². The molecule has 1 atom stereocenters. The summed E-state index contributed by atoms with van der Waals surface area (Å²) in [5, 5.41) is 4.89. The van der Waals surface area contributed by atoms with E-state index in [9.17, 15) is 0 Å². The van der Waals surface area contributed by atoms with Crippen molar-refractivity contribution >= 4 is 23.2 Å². The topological polar surface area (TPSA) is 12.0 Å². The Bertz CT molecular complexity index is 352. The highest BCUT2D eigenvalue weighted by Gasteiger charge is 2.11. The maximum Gasteiger partial charge on any atom is 0.0624 e. The Morgan fingerprint density at radius 3 is 2.61 bits per heavy atom. The fraction of sp³-hybridized carbons (Fsp3) is 0.600. The van der Waals surface area contributed by atoms with Crippen LogP contribution in [0.5, 0.6) is 0 Å². The molecule has 18 heavy (non-hydrogen) atoms. The normalized spacial score (nSPS) is 12.7. The summed E-state index contributed by atoms with van der Waals surface area (Å²) in [6.45, 7) is 5.37. The molecule has 0 spiro atoms. The average molecular weight is 288 g/mol. The van der Waals surface area contributed by atoms with E-state index in [2.05, 4.69) is 25.2 Å². The van der Waals surface area contributed by atoms with Gasteiger partial charge in [0.1, 0.15) is 0 Å². The molecular weight excluding hydrogens is 265 g/mol. The summed E-state index contributed by atoms with van der Waals surface area (Å²) in [6.07, 6.45) is 5.98. The lowest BCUT2D eigenvalue weighted by molar-refractivity contribution is 0.467. The van der Waals surface area contributed by atoms with E-state index in [1.807, 2.05) is 12.1 Å². The lowest BCUT2D eigenvalue weighted by Gasteiger charge is -2.18. The highest BCUT2D eigenvalue weighted by molar-refractivity contribution is 6.42. The largest absolute Gasteiger partial charge is 0.314 e. The molecule has 0 saturated heterocycles. The van der Waals surface area contributed by atoms with Gasteiger partial charge in [-0.3, -0.25) is 0 Å². The first-order valence-electron chi connectivity index (χ1n) is 6.85. The highest BCUT2D eigenvalue weighted by atomic mass is 35.5. The van der Waals surface area contributed by atoms with Gasteiger partial charge < -0.3 is 5.32 Å². The smallest absolute Gasteiger partial charge is 0.0624 e. The van der Waals surface area contributed by atoms with Crippen LogP contribution in [-0.4, -0.2) is 12.6 Å². The van der Waals surface area contributed by atoms with Gasteiger partial charge >= 0.3 is 0 Å². The molecule has 0 heterocycles. The van der Waals surface area contributed by atoms with Crippen molar-refractivity contribution in [2.24, 2.45) is 0 Å². The molecule has 1 unspecified atom stereocenters. The number of likely N-dealkylation sites (N-methyl/N-ethyl adjacent to an activating group) is 1. The van der Waals surface area contributed by atoms with Crippen molar-refractivity contribution in [3.05, 3.63) is 33.8 Å². The third kappa shape index (κ3) is 5.17. The summed E-state index contributed by atoms with van der Waals surface area (Å²) < 4.78 is 0. The zero-order valence-corrected chi connectivity index (χ0v) is 12.8. The first kappa shape index (κ1) is 15.8. The molecule has 0 aliphatic carbocycles. The Balaban J connectivity index is 2.61. The Kier molecular flexibility index (Phi) is 7.73. The molecule has 1 nitrogen and oxygen atoms in total. The zero-order chi connectivity index (χ0) is 13.4. The van der Waals surface area contributed by atoms with Gasteiger partial charge in [0.15, 0.2) is 0 Å². The molecule has 0 fully saturated rings. The Hall–Kier alpha value is -0.240. The van der Waals surface area contributed by atoms with Crippen LogP contribution in [0.25, 0.3) is 0 Å². The second kappa shape index (κ2) is 8.79. The summed E-state index contributed by atoms with van der Waals surface area (Å²) in [7, 11) is 0. The monoisotopic (exact) mass is 287 g/mol. The molecule has 0 aromatic heterocycles.